The molecular formula is C20H31Br. The average Bonchev–Trinajstić information content (AvgIpc) is 2.55. The van der Waals surface area contributed by atoms with E-state index in [4.69, 9.17) is 0 Å². The van der Waals surface area contributed by atoms with Crippen molar-refractivity contribution in [2.45, 2.75) is 82.4 Å². The summed E-state index contributed by atoms with van der Waals surface area (Å²) in [6.45, 7) is 4.60. The van der Waals surface area contributed by atoms with Crippen molar-refractivity contribution in [3.05, 3.63) is 35.4 Å². The SMILES string of the molecule is CCCC(CCC)C(Br)c1ccc(C2CCCCC2)cc1. The standard InChI is InChI=1S/C20H31Br/c1-3-8-18(9-4-2)20(21)19-14-12-17(13-15-19)16-10-6-5-7-11-16/h12-16,18,20H,3-11H2,1-2H3. The molecule has 0 saturated heterocycles. The lowest BCUT2D eigenvalue weighted by atomic mass is 9.83. The van der Waals surface area contributed by atoms with Crippen LogP contribution in [-0.2, 0) is 0 Å². The van der Waals surface area contributed by atoms with Crippen LogP contribution in [0.3, 0.4) is 0 Å². The van der Waals surface area contributed by atoms with Crippen molar-refractivity contribution in [1.82, 2.24) is 0 Å². The molecule has 21 heavy (non-hydrogen) atoms. The molecule has 1 atom stereocenters. The van der Waals surface area contributed by atoms with Gasteiger partial charge in [0.15, 0.2) is 0 Å². The monoisotopic (exact) mass is 350 g/mol. The molecule has 0 amide bonds. The van der Waals surface area contributed by atoms with Crippen LogP contribution in [0.25, 0.3) is 0 Å². The van der Waals surface area contributed by atoms with Crippen LogP contribution in [-0.4, -0.2) is 0 Å². The Morgan fingerprint density at radius 1 is 0.952 bits per heavy atom. The van der Waals surface area contributed by atoms with E-state index >= 15 is 0 Å². The molecule has 1 fully saturated rings. The largest absolute Gasteiger partial charge is 0.0836 e. The van der Waals surface area contributed by atoms with Crippen LogP contribution in [0.15, 0.2) is 24.3 Å². The quantitative estimate of drug-likeness (QED) is 0.449. The first kappa shape index (κ1) is 17.1. The number of hydrogen-bond donors (Lipinski definition) is 0. The lowest BCUT2D eigenvalue weighted by Crippen LogP contribution is -2.08. The van der Waals surface area contributed by atoms with E-state index in [1.165, 1.54) is 63.4 Å². The highest BCUT2D eigenvalue weighted by Crippen LogP contribution is 2.38. The summed E-state index contributed by atoms with van der Waals surface area (Å²) in [6, 6.07) is 9.55. The lowest BCUT2D eigenvalue weighted by molar-refractivity contribution is 0.434. The maximum absolute atomic E-state index is 3.98. The highest BCUT2D eigenvalue weighted by Gasteiger charge is 2.20. The molecule has 0 heterocycles. The third-order valence-corrected chi connectivity index (χ3v) is 6.34. The molecule has 0 aliphatic heterocycles. The van der Waals surface area contributed by atoms with Crippen molar-refractivity contribution in [2.75, 3.05) is 0 Å². The molecule has 0 radical (unpaired) electrons. The molecule has 1 heteroatoms. The number of benzene rings is 1. The molecule has 0 nitrogen and oxygen atoms in total. The Balaban J connectivity index is 2.02. The van der Waals surface area contributed by atoms with Gasteiger partial charge in [-0.3, -0.25) is 0 Å². The van der Waals surface area contributed by atoms with Gasteiger partial charge >= 0.3 is 0 Å². The normalized spacial score (nSPS) is 18.1. The fraction of sp³-hybridized carbons (Fsp3) is 0.700. The Kier molecular flexibility index (Phi) is 7.29. The Labute approximate surface area is 139 Å². The van der Waals surface area contributed by atoms with Crippen molar-refractivity contribution in [2.24, 2.45) is 5.92 Å². The zero-order valence-corrected chi connectivity index (χ0v) is 15.4. The van der Waals surface area contributed by atoms with E-state index in [9.17, 15) is 0 Å². The smallest absolute Gasteiger partial charge is 0.0423 e. The van der Waals surface area contributed by atoms with E-state index in [2.05, 4.69) is 54.0 Å². The number of halogens is 1. The van der Waals surface area contributed by atoms with Gasteiger partial charge in [-0.2, -0.15) is 0 Å². The molecular weight excluding hydrogens is 320 g/mol. The summed E-state index contributed by atoms with van der Waals surface area (Å²) in [7, 11) is 0. The van der Waals surface area contributed by atoms with Gasteiger partial charge in [-0.05, 0) is 48.6 Å². The molecule has 1 aliphatic rings. The predicted octanol–water partition coefficient (Wildman–Crippen LogP) is 7.39. The van der Waals surface area contributed by atoms with Gasteiger partial charge in [0.1, 0.15) is 0 Å². The molecule has 0 aromatic heterocycles. The van der Waals surface area contributed by atoms with E-state index < -0.39 is 0 Å². The third-order valence-electron chi connectivity index (χ3n) is 5.06. The lowest BCUT2D eigenvalue weighted by Gasteiger charge is -2.24. The minimum absolute atomic E-state index is 0.526. The summed E-state index contributed by atoms with van der Waals surface area (Å²) < 4.78 is 0. The Morgan fingerprint density at radius 2 is 1.52 bits per heavy atom. The second kappa shape index (κ2) is 8.98. The van der Waals surface area contributed by atoms with Gasteiger partial charge in [-0.25, -0.2) is 0 Å². The molecule has 1 saturated carbocycles. The Morgan fingerprint density at radius 3 is 2.05 bits per heavy atom. The molecule has 0 N–H and O–H groups in total. The van der Waals surface area contributed by atoms with E-state index in [1.54, 1.807) is 5.56 Å². The average molecular weight is 351 g/mol. The second-order valence-corrected chi connectivity index (χ2v) is 7.73. The van der Waals surface area contributed by atoms with Crippen LogP contribution in [0.1, 0.15) is 93.5 Å². The van der Waals surface area contributed by atoms with E-state index in [-0.39, 0.29) is 0 Å². The minimum Gasteiger partial charge on any atom is -0.0836 e. The fourth-order valence-corrected chi connectivity index (χ4v) is 4.67. The van der Waals surface area contributed by atoms with Crippen LogP contribution in [0.5, 0.6) is 0 Å². The highest BCUT2D eigenvalue weighted by atomic mass is 79.9. The minimum atomic E-state index is 0.526. The van der Waals surface area contributed by atoms with E-state index in [1.807, 2.05) is 0 Å². The summed E-state index contributed by atoms with van der Waals surface area (Å²) >= 11 is 3.98. The van der Waals surface area contributed by atoms with Crippen LogP contribution in [0, 0.1) is 5.92 Å². The van der Waals surface area contributed by atoms with Crippen LogP contribution in [0.2, 0.25) is 0 Å². The van der Waals surface area contributed by atoms with Crippen molar-refractivity contribution in [3.8, 4) is 0 Å². The van der Waals surface area contributed by atoms with Crippen molar-refractivity contribution in [1.29, 1.82) is 0 Å². The predicted molar refractivity (Wildman–Crippen MR) is 97.2 cm³/mol. The van der Waals surface area contributed by atoms with Crippen LogP contribution in [0.4, 0.5) is 0 Å². The van der Waals surface area contributed by atoms with Gasteiger partial charge in [0.05, 0.1) is 0 Å². The number of rotatable bonds is 7. The van der Waals surface area contributed by atoms with Gasteiger partial charge in [-0.1, -0.05) is 86.1 Å². The molecule has 1 unspecified atom stereocenters. The van der Waals surface area contributed by atoms with E-state index in [0.717, 1.165) is 11.8 Å². The topological polar surface area (TPSA) is 0 Å². The summed E-state index contributed by atoms with van der Waals surface area (Å²) in [5.41, 5.74) is 3.04. The maximum Gasteiger partial charge on any atom is 0.0423 e. The fourth-order valence-electron chi connectivity index (χ4n) is 3.84. The molecule has 1 aliphatic carbocycles. The Hall–Kier alpha value is -0.300. The first-order valence-electron chi connectivity index (χ1n) is 9.00. The van der Waals surface area contributed by atoms with E-state index in [0.29, 0.717) is 4.83 Å². The molecule has 2 rings (SSSR count). The summed E-state index contributed by atoms with van der Waals surface area (Å²) in [5.74, 6) is 1.60. The summed E-state index contributed by atoms with van der Waals surface area (Å²) in [5, 5.41) is 0. The molecule has 1 aromatic rings. The number of alkyl halides is 1. The van der Waals surface area contributed by atoms with Crippen LogP contribution < -0.4 is 0 Å². The maximum atomic E-state index is 3.98. The van der Waals surface area contributed by atoms with Crippen molar-refractivity contribution < 1.29 is 0 Å². The zero-order valence-electron chi connectivity index (χ0n) is 13.8. The molecule has 0 bridgehead atoms. The van der Waals surface area contributed by atoms with Gasteiger partial charge in [0.25, 0.3) is 0 Å². The van der Waals surface area contributed by atoms with Gasteiger partial charge in [-0.15, -0.1) is 0 Å². The summed E-state index contributed by atoms with van der Waals surface area (Å²) in [6.07, 6.45) is 12.3. The first-order chi connectivity index (χ1) is 10.3. The number of hydrogen-bond acceptors (Lipinski definition) is 0. The third kappa shape index (κ3) is 4.84. The van der Waals surface area contributed by atoms with Crippen molar-refractivity contribution >= 4 is 15.9 Å². The van der Waals surface area contributed by atoms with Crippen molar-refractivity contribution in [3.63, 3.8) is 0 Å². The first-order valence-corrected chi connectivity index (χ1v) is 9.91. The highest BCUT2D eigenvalue weighted by molar-refractivity contribution is 9.09. The molecule has 118 valence electrons. The van der Waals surface area contributed by atoms with Gasteiger partial charge in [0, 0.05) is 4.83 Å². The Bertz CT molecular complexity index is 383. The zero-order chi connectivity index (χ0) is 15.1. The molecule has 1 aromatic carbocycles. The van der Waals surface area contributed by atoms with Gasteiger partial charge < -0.3 is 0 Å². The molecule has 0 spiro atoms. The van der Waals surface area contributed by atoms with Crippen LogP contribution >= 0.6 is 15.9 Å². The van der Waals surface area contributed by atoms with Gasteiger partial charge in [0.2, 0.25) is 0 Å². The summed E-state index contributed by atoms with van der Waals surface area (Å²) in [4.78, 5) is 0.526. The second-order valence-electron chi connectivity index (χ2n) is 6.74.